The summed E-state index contributed by atoms with van der Waals surface area (Å²) in [5.41, 5.74) is 1.16. The van der Waals surface area contributed by atoms with Gasteiger partial charge < -0.3 is 10.6 Å². The zero-order valence-electron chi connectivity index (χ0n) is 13.6. The number of nitrogens with zero attached hydrogens (tertiary/aromatic N) is 1. The number of hydrogen-bond donors (Lipinski definition) is 2. The molecule has 1 saturated carbocycles. The Morgan fingerprint density at radius 3 is 2.35 bits per heavy atom. The lowest BCUT2D eigenvalue weighted by Crippen LogP contribution is -2.36. The number of carbonyl (C=O) groups is 1. The van der Waals surface area contributed by atoms with Gasteiger partial charge in [0.2, 0.25) is 5.91 Å². The molecule has 1 heterocycles. The summed E-state index contributed by atoms with van der Waals surface area (Å²) < 4.78 is 0. The molecule has 0 saturated heterocycles. The fourth-order valence-corrected chi connectivity index (χ4v) is 2.86. The van der Waals surface area contributed by atoms with E-state index in [1.807, 2.05) is 12.1 Å². The van der Waals surface area contributed by atoms with Crippen LogP contribution in [0, 0.1) is 0 Å². The molecule has 1 aliphatic rings. The predicted molar refractivity (Wildman–Crippen MR) is 99.6 cm³/mol. The van der Waals surface area contributed by atoms with Gasteiger partial charge in [-0.25, -0.2) is 0 Å². The molecule has 1 aromatic heterocycles. The van der Waals surface area contributed by atoms with Gasteiger partial charge in [0.15, 0.2) is 0 Å². The molecule has 1 aliphatic carbocycles. The molecule has 2 N–H and O–H groups in total. The summed E-state index contributed by atoms with van der Waals surface area (Å²) in [5.74, 6) is 0.134. The van der Waals surface area contributed by atoms with Gasteiger partial charge in [0.05, 0.1) is 0 Å². The zero-order chi connectivity index (χ0) is 14.8. The number of carbonyl (C=O) groups excluding carboxylic acids is 1. The van der Waals surface area contributed by atoms with E-state index in [1.54, 1.807) is 12.4 Å². The fraction of sp³-hybridized carbons (Fsp3) is 0.647. The smallest absolute Gasteiger partial charge is 0.220 e. The lowest BCUT2D eigenvalue weighted by atomic mass is 10.1. The Kier molecular flexibility index (Phi) is 13.1. The number of hydrogen-bond acceptors (Lipinski definition) is 3. The third-order valence-corrected chi connectivity index (χ3v) is 4.13. The molecule has 0 spiro atoms. The van der Waals surface area contributed by atoms with Crippen LogP contribution in [0.1, 0.15) is 50.5 Å². The number of pyridine rings is 1. The first kappa shape index (κ1) is 22.2. The second-order valence-corrected chi connectivity index (χ2v) is 5.85. The van der Waals surface area contributed by atoms with E-state index in [9.17, 15) is 4.79 Å². The minimum absolute atomic E-state index is 0. The highest BCUT2D eigenvalue weighted by Crippen LogP contribution is 2.16. The molecular weight excluding hydrogens is 333 g/mol. The molecule has 1 aromatic rings. The van der Waals surface area contributed by atoms with Crippen molar-refractivity contribution in [1.29, 1.82) is 0 Å². The molecule has 23 heavy (non-hydrogen) atoms. The van der Waals surface area contributed by atoms with Gasteiger partial charge in [0.25, 0.3) is 0 Å². The molecule has 1 amide bonds. The number of aryl methyl sites for hydroxylation is 1. The number of nitrogens with one attached hydrogen (secondary N) is 2. The van der Waals surface area contributed by atoms with Crippen LogP contribution < -0.4 is 10.6 Å². The highest BCUT2D eigenvalue weighted by molar-refractivity contribution is 5.85. The summed E-state index contributed by atoms with van der Waals surface area (Å²) in [4.78, 5) is 15.7. The SMILES string of the molecule is Cl.Cl.O=C(CCc1ccncc1)NCCNC1CCCCCC1. The lowest BCUT2D eigenvalue weighted by Gasteiger charge is -2.16. The third-order valence-electron chi connectivity index (χ3n) is 4.13. The standard InChI is InChI=1S/C17H27N3O.2ClH/c21-17(8-7-15-9-11-18-12-10-15)20-14-13-19-16-5-3-1-2-4-6-16;;/h9-12,16,19H,1-8,13-14H2,(H,20,21);2*1H. The predicted octanol–water partition coefficient (Wildman–Crippen LogP) is 3.29. The Morgan fingerprint density at radius 2 is 1.70 bits per heavy atom. The number of aromatic nitrogens is 1. The summed E-state index contributed by atoms with van der Waals surface area (Å²) in [7, 11) is 0. The fourth-order valence-electron chi connectivity index (χ4n) is 2.86. The summed E-state index contributed by atoms with van der Waals surface area (Å²) in [6, 6.07) is 4.57. The van der Waals surface area contributed by atoms with Crippen LogP contribution >= 0.6 is 24.8 Å². The van der Waals surface area contributed by atoms with Gasteiger partial charge in [-0.05, 0) is 37.0 Å². The van der Waals surface area contributed by atoms with E-state index in [1.165, 1.54) is 38.5 Å². The largest absolute Gasteiger partial charge is 0.355 e. The van der Waals surface area contributed by atoms with Crippen molar-refractivity contribution >= 4 is 30.7 Å². The van der Waals surface area contributed by atoms with Crippen molar-refractivity contribution in [3.63, 3.8) is 0 Å². The van der Waals surface area contributed by atoms with Crippen LogP contribution in [0.5, 0.6) is 0 Å². The van der Waals surface area contributed by atoms with E-state index < -0.39 is 0 Å². The second kappa shape index (κ2) is 13.6. The van der Waals surface area contributed by atoms with Gasteiger partial charge in [-0.3, -0.25) is 9.78 Å². The molecule has 0 unspecified atom stereocenters. The minimum Gasteiger partial charge on any atom is -0.355 e. The molecule has 0 aromatic carbocycles. The Balaban J connectivity index is 0.00000242. The molecule has 0 bridgehead atoms. The van der Waals surface area contributed by atoms with Crippen molar-refractivity contribution < 1.29 is 4.79 Å². The first-order valence-corrected chi connectivity index (χ1v) is 8.23. The average molecular weight is 362 g/mol. The van der Waals surface area contributed by atoms with Crippen molar-refractivity contribution in [2.75, 3.05) is 13.1 Å². The normalized spacial score (nSPS) is 15.0. The van der Waals surface area contributed by atoms with Crippen LogP contribution in [0.3, 0.4) is 0 Å². The molecule has 0 atom stereocenters. The third kappa shape index (κ3) is 9.80. The van der Waals surface area contributed by atoms with Crippen LogP contribution in [-0.2, 0) is 11.2 Å². The summed E-state index contributed by atoms with van der Waals surface area (Å²) in [5, 5.41) is 6.56. The first-order chi connectivity index (χ1) is 10.3. The van der Waals surface area contributed by atoms with Crippen LogP contribution in [0.15, 0.2) is 24.5 Å². The molecule has 6 heteroatoms. The van der Waals surface area contributed by atoms with Crippen molar-refractivity contribution in [2.45, 2.75) is 57.4 Å². The number of halogens is 2. The number of rotatable bonds is 7. The van der Waals surface area contributed by atoms with Gasteiger partial charge in [0.1, 0.15) is 0 Å². The van der Waals surface area contributed by atoms with Crippen molar-refractivity contribution in [1.82, 2.24) is 15.6 Å². The van der Waals surface area contributed by atoms with Crippen LogP contribution in [0.25, 0.3) is 0 Å². The Hall–Kier alpha value is -0.840. The average Bonchev–Trinajstić information content (AvgIpc) is 2.79. The Labute approximate surface area is 152 Å². The number of amides is 1. The highest BCUT2D eigenvalue weighted by atomic mass is 35.5. The van der Waals surface area contributed by atoms with Crippen molar-refractivity contribution in [3.05, 3.63) is 30.1 Å². The summed E-state index contributed by atoms with van der Waals surface area (Å²) in [6.45, 7) is 1.61. The molecule has 4 nitrogen and oxygen atoms in total. The first-order valence-electron chi connectivity index (χ1n) is 8.23. The van der Waals surface area contributed by atoms with E-state index in [0.717, 1.165) is 25.1 Å². The molecule has 132 valence electrons. The van der Waals surface area contributed by atoms with Crippen LogP contribution in [-0.4, -0.2) is 30.0 Å². The van der Waals surface area contributed by atoms with Gasteiger partial charge in [-0.1, -0.05) is 25.7 Å². The monoisotopic (exact) mass is 361 g/mol. The van der Waals surface area contributed by atoms with Crippen LogP contribution in [0.2, 0.25) is 0 Å². The quantitative estimate of drug-likeness (QED) is 0.578. The van der Waals surface area contributed by atoms with E-state index in [2.05, 4.69) is 15.6 Å². The molecule has 1 fully saturated rings. The lowest BCUT2D eigenvalue weighted by molar-refractivity contribution is -0.121. The zero-order valence-corrected chi connectivity index (χ0v) is 15.3. The highest BCUT2D eigenvalue weighted by Gasteiger charge is 2.10. The van der Waals surface area contributed by atoms with Gasteiger partial charge >= 0.3 is 0 Å². The van der Waals surface area contributed by atoms with Gasteiger partial charge in [-0.15, -0.1) is 24.8 Å². The summed E-state index contributed by atoms with van der Waals surface area (Å²) in [6.07, 6.45) is 12.9. The second-order valence-electron chi connectivity index (χ2n) is 5.85. The maximum Gasteiger partial charge on any atom is 0.220 e. The van der Waals surface area contributed by atoms with E-state index in [-0.39, 0.29) is 30.7 Å². The molecule has 0 radical (unpaired) electrons. The molecule has 2 rings (SSSR count). The topological polar surface area (TPSA) is 54.0 Å². The maximum atomic E-state index is 11.8. The summed E-state index contributed by atoms with van der Waals surface area (Å²) >= 11 is 0. The Bertz CT molecular complexity index is 410. The van der Waals surface area contributed by atoms with Crippen molar-refractivity contribution in [2.24, 2.45) is 0 Å². The molecule has 0 aliphatic heterocycles. The Morgan fingerprint density at radius 1 is 1.04 bits per heavy atom. The van der Waals surface area contributed by atoms with Crippen LogP contribution in [0.4, 0.5) is 0 Å². The minimum atomic E-state index is 0. The van der Waals surface area contributed by atoms with Gasteiger partial charge in [-0.2, -0.15) is 0 Å². The van der Waals surface area contributed by atoms with Crippen molar-refractivity contribution in [3.8, 4) is 0 Å². The molecular formula is C17H29Cl2N3O. The van der Waals surface area contributed by atoms with Gasteiger partial charge in [0, 0.05) is 37.9 Å². The maximum absolute atomic E-state index is 11.8. The van der Waals surface area contributed by atoms with E-state index in [4.69, 9.17) is 0 Å². The van der Waals surface area contributed by atoms with E-state index in [0.29, 0.717) is 12.5 Å². The van der Waals surface area contributed by atoms with E-state index >= 15 is 0 Å².